The van der Waals surface area contributed by atoms with E-state index in [1.165, 1.54) is 12.8 Å². The minimum atomic E-state index is -0.140. The van der Waals surface area contributed by atoms with E-state index in [2.05, 4.69) is 10.2 Å². The van der Waals surface area contributed by atoms with Gasteiger partial charge < -0.3 is 15.0 Å². The number of nitrogens with one attached hydrogen (secondary N) is 1. The first-order valence-corrected chi connectivity index (χ1v) is 7.20. The Morgan fingerprint density at radius 3 is 2.72 bits per heavy atom. The third-order valence-corrected chi connectivity index (χ3v) is 4.56. The molecule has 1 saturated heterocycles. The van der Waals surface area contributed by atoms with Crippen molar-refractivity contribution < 1.29 is 9.53 Å². The van der Waals surface area contributed by atoms with Crippen molar-refractivity contribution in [1.29, 1.82) is 0 Å². The lowest BCUT2D eigenvalue weighted by Crippen LogP contribution is -2.51. The molecular weight excluding hydrogens is 228 g/mol. The fraction of sp³-hybridized carbons (Fsp3) is 0.929. The molecule has 2 fully saturated rings. The molecule has 18 heavy (non-hydrogen) atoms. The fourth-order valence-electron chi connectivity index (χ4n) is 3.18. The molecule has 0 aromatic rings. The molecule has 2 rings (SSSR count). The summed E-state index contributed by atoms with van der Waals surface area (Å²) in [7, 11) is 3.70. The van der Waals surface area contributed by atoms with Gasteiger partial charge in [-0.2, -0.15) is 0 Å². The van der Waals surface area contributed by atoms with Crippen molar-refractivity contribution in [3.05, 3.63) is 0 Å². The molecule has 1 saturated carbocycles. The molecular formula is C14H26N2O2. The first-order valence-electron chi connectivity index (χ1n) is 7.20. The van der Waals surface area contributed by atoms with Gasteiger partial charge in [-0.05, 0) is 45.6 Å². The van der Waals surface area contributed by atoms with Crippen molar-refractivity contribution in [1.82, 2.24) is 10.2 Å². The van der Waals surface area contributed by atoms with Crippen LogP contribution in [0.25, 0.3) is 0 Å². The number of rotatable bonds is 5. The lowest BCUT2D eigenvalue weighted by molar-refractivity contribution is -0.147. The maximum Gasteiger partial charge on any atom is 0.225 e. The van der Waals surface area contributed by atoms with Gasteiger partial charge in [0.1, 0.15) is 0 Å². The number of likely N-dealkylation sites (tertiary alicyclic amines) is 1. The zero-order valence-electron chi connectivity index (χ0n) is 11.7. The highest BCUT2D eigenvalue weighted by Gasteiger charge is 2.41. The third kappa shape index (κ3) is 2.86. The number of methoxy groups -OCH3 is 1. The number of nitrogens with zero attached hydrogens (tertiary/aromatic N) is 1. The molecule has 1 N–H and O–H groups in total. The van der Waals surface area contributed by atoms with Gasteiger partial charge in [0.15, 0.2) is 0 Å². The van der Waals surface area contributed by atoms with Crippen molar-refractivity contribution in [3.63, 3.8) is 0 Å². The summed E-state index contributed by atoms with van der Waals surface area (Å²) in [5.41, 5.74) is -0.140. The first kappa shape index (κ1) is 13.8. The van der Waals surface area contributed by atoms with Gasteiger partial charge in [-0.25, -0.2) is 0 Å². The van der Waals surface area contributed by atoms with Crippen molar-refractivity contribution in [2.75, 3.05) is 27.2 Å². The Balaban J connectivity index is 1.93. The van der Waals surface area contributed by atoms with Crippen LogP contribution in [0.3, 0.4) is 0 Å². The quantitative estimate of drug-likeness (QED) is 0.809. The summed E-state index contributed by atoms with van der Waals surface area (Å²) in [4.78, 5) is 14.6. The topological polar surface area (TPSA) is 41.6 Å². The summed E-state index contributed by atoms with van der Waals surface area (Å²) >= 11 is 0. The van der Waals surface area contributed by atoms with Crippen molar-refractivity contribution in [3.8, 4) is 0 Å². The Morgan fingerprint density at radius 2 is 2.17 bits per heavy atom. The van der Waals surface area contributed by atoms with Crippen LogP contribution in [0.15, 0.2) is 0 Å². The summed E-state index contributed by atoms with van der Waals surface area (Å²) in [5, 5.41) is 3.20. The minimum absolute atomic E-state index is 0.140. The van der Waals surface area contributed by atoms with Gasteiger partial charge in [-0.3, -0.25) is 4.79 Å². The fourth-order valence-corrected chi connectivity index (χ4v) is 3.18. The van der Waals surface area contributed by atoms with E-state index in [-0.39, 0.29) is 11.5 Å². The highest BCUT2D eigenvalue weighted by Crippen LogP contribution is 2.38. The van der Waals surface area contributed by atoms with Crippen LogP contribution in [0.1, 0.15) is 44.9 Å². The molecule has 0 radical (unpaired) electrons. The van der Waals surface area contributed by atoms with Crippen molar-refractivity contribution >= 4 is 5.91 Å². The van der Waals surface area contributed by atoms with Gasteiger partial charge in [-0.15, -0.1) is 0 Å². The second kappa shape index (κ2) is 6.02. The molecule has 1 unspecified atom stereocenters. The number of likely N-dealkylation sites (N-methyl/N-ethyl adjacent to an activating group) is 1. The van der Waals surface area contributed by atoms with E-state index in [1.54, 1.807) is 7.11 Å². The van der Waals surface area contributed by atoms with Gasteiger partial charge in [-0.1, -0.05) is 0 Å². The number of hydrogen-bond acceptors (Lipinski definition) is 3. The van der Waals surface area contributed by atoms with E-state index in [0.29, 0.717) is 12.5 Å². The molecule has 1 aliphatic carbocycles. The van der Waals surface area contributed by atoms with E-state index < -0.39 is 0 Å². The van der Waals surface area contributed by atoms with E-state index >= 15 is 0 Å². The van der Waals surface area contributed by atoms with Crippen molar-refractivity contribution in [2.24, 2.45) is 0 Å². The van der Waals surface area contributed by atoms with Gasteiger partial charge in [0.2, 0.25) is 5.91 Å². The van der Waals surface area contributed by atoms with E-state index in [9.17, 15) is 4.79 Å². The van der Waals surface area contributed by atoms with Crippen LogP contribution < -0.4 is 5.32 Å². The smallest absolute Gasteiger partial charge is 0.225 e. The summed E-state index contributed by atoms with van der Waals surface area (Å²) in [6, 6.07) is 0.380. The Bertz CT molecular complexity index is 282. The van der Waals surface area contributed by atoms with Crippen LogP contribution in [0.5, 0.6) is 0 Å². The van der Waals surface area contributed by atoms with E-state index in [1.807, 2.05) is 7.05 Å². The molecule has 1 heterocycles. The number of piperidine rings is 1. The summed E-state index contributed by atoms with van der Waals surface area (Å²) in [6.45, 7) is 1.83. The second-order valence-electron chi connectivity index (χ2n) is 5.71. The number of amides is 1. The molecule has 1 atom stereocenters. The van der Waals surface area contributed by atoms with Crippen molar-refractivity contribution in [2.45, 2.75) is 56.6 Å². The Kier molecular flexibility index (Phi) is 4.62. The standard InChI is InChI=1S/C14H26N2O2/c1-15-11-12-6-3-4-9-16(12)13(17)10-14(18-2)7-5-8-14/h12,15H,3-11H2,1-2H3. The molecule has 0 aromatic heterocycles. The molecule has 1 amide bonds. The van der Waals surface area contributed by atoms with E-state index in [0.717, 1.165) is 38.8 Å². The van der Waals surface area contributed by atoms with Gasteiger partial charge >= 0.3 is 0 Å². The first-order chi connectivity index (χ1) is 8.71. The summed E-state index contributed by atoms with van der Waals surface area (Å²) in [5.74, 6) is 0.288. The number of carbonyl (C=O) groups excluding carboxylic acids is 1. The highest BCUT2D eigenvalue weighted by atomic mass is 16.5. The maximum atomic E-state index is 12.5. The Labute approximate surface area is 110 Å². The lowest BCUT2D eigenvalue weighted by Gasteiger charge is -2.43. The molecule has 0 spiro atoms. The predicted octanol–water partition coefficient (Wildman–Crippen LogP) is 1.55. The van der Waals surface area contributed by atoms with Crippen LogP contribution in [-0.4, -0.2) is 49.7 Å². The number of carbonyl (C=O) groups is 1. The molecule has 4 heteroatoms. The van der Waals surface area contributed by atoms with Crippen LogP contribution in [0.4, 0.5) is 0 Å². The van der Waals surface area contributed by atoms with E-state index in [4.69, 9.17) is 4.74 Å². The zero-order valence-corrected chi connectivity index (χ0v) is 11.7. The van der Waals surface area contributed by atoms with Crippen LogP contribution in [0.2, 0.25) is 0 Å². The third-order valence-electron chi connectivity index (χ3n) is 4.56. The average molecular weight is 254 g/mol. The average Bonchev–Trinajstić information content (AvgIpc) is 2.35. The maximum absolute atomic E-state index is 12.5. The summed E-state index contributed by atoms with van der Waals surface area (Å²) < 4.78 is 5.57. The molecule has 1 aliphatic heterocycles. The molecule has 0 aromatic carbocycles. The second-order valence-corrected chi connectivity index (χ2v) is 5.71. The number of ether oxygens (including phenoxy) is 1. The van der Waals surface area contributed by atoms with Crippen LogP contribution in [-0.2, 0) is 9.53 Å². The lowest BCUT2D eigenvalue weighted by atomic mass is 9.77. The summed E-state index contributed by atoms with van der Waals surface area (Å²) in [6.07, 6.45) is 7.37. The highest BCUT2D eigenvalue weighted by molar-refractivity contribution is 5.78. The molecule has 2 aliphatic rings. The molecule has 104 valence electrons. The normalized spacial score (nSPS) is 26.8. The number of hydrogen-bond donors (Lipinski definition) is 1. The molecule has 4 nitrogen and oxygen atoms in total. The van der Waals surface area contributed by atoms with Crippen LogP contribution in [0, 0.1) is 0 Å². The van der Waals surface area contributed by atoms with Gasteiger partial charge in [0.05, 0.1) is 12.0 Å². The predicted molar refractivity (Wildman–Crippen MR) is 71.5 cm³/mol. The zero-order chi connectivity index (χ0) is 13.0. The molecule has 0 bridgehead atoms. The van der Waals surface area contributed by atoms with Gasteiger partial charge in [0, 0.05) is 26.2 Å². The van der Waals surface area contributed by atoms with Crippen LogP contribution >= 0.6 is 0 Å². The monoisotopic (exact) mass is 254 g/mol. The Morgan fingerprint density at radius 1 is 1.39 bits per heavy atom. The largest absolute Gasteiger partial charge is 0.378 e. The Hall–Kier alpha value is -0.610. The minimum Gasteiger partial charge on any atom is -0.378 e. The van der Waals surface area contributed by atoms with Gasteiger partial charge in [0.25, 0.3) is 0 Å². The SMILES string of the molecule is CNCC1CCCCN1C(=O)CC1(OC)CCC1.